The van der Waals surface area contributed by atoms with Gasteiger partial charge in [-0.2, -0.15) is 10.4 Å². The van der Waals surface area contributed by atoms with Gasteiger partial charge in [0.05, 0.1) is 17.3 Å². The molecule has 0 saturated heterocycles. The first-order chi connectivity index (χ1) is 8.24. The predicted octanol–water partition coefficient (Wildman–Crippen LogP) is 1.80. The average molecular weight is 225 g/mol. The Kier molecular flexibility index (Phi) is 3.01. The SMILES string of the molecule is CCn1nc(-c2cccc(C#N)c2)ccc1=O. The van der Waals surface area contributed by atoms with Gasteiger partial charge < -0.3 is 0 Å². The van der Waals surface area contributed by atoms with Crippen LogP contribution in [0.5, 0.6) is 0 Å². The van der Waals surface area contributed by atoms with Crippen LogP contribution in [0.25, 0.3) is 11.3 Å². The van der Waals surface area contributed by atoms with Gasteiger partial charge in [-0.15, -0.1) is 0 Å². The molecule has 84 valence electrons. The highest BCUT2D eigenvalue weighted by Gasteiger charge is 2.03. The summed E-state index contributed by atoms with van der Waals surface area (Å²) in [7, 11) is 0. The van der Waals surface area contributed by atoms with Gasteiger partial charge in [-0.05, 0) is 25.1 Å². The van der Waals surface area contributed by atoms with E-state index in [0.717, 1.165) is 5.56 Å². The molecule has 0 atom stereocenters. The molecule has 0 fully saturated rings. The first-order valence-corrected chi connectivity index (χ1v) is 5.33. The Hall–Kier alpha value is -2.41. The van der Waals surface area contributed by atoms with Crippen LogP contribution in [0, 0.1) is 11.3 Å². The number of nitriles is 1. The first kappa shape index (κ1) is 11.1. The summed E-state index contributed by atoms with van der Waals surface area (Å²) in [5.74, 6) is 0. The normalized spacial score (nSPS) is 9.88. The van der Waals surface area contributed by atoms with Crippen LogP contribution in [0.4, 0.5) is 0 Å². The fraction of sp³-hybridized carbons (Fsp3) is 0.154. The van der Waals surface area contributed by atoms with Crippen LogP contribution in [0.3, 0.4) is 0 Å². The molecule has 1 aromatic heterocycles. The van der Waals surface area contributed by atoms with Crippen LogP contribution in [-0.2, 0) is 6.54 Å². The summed E-state index contributed by atoms with van der Waals surface area (Å²) >= 11 is 0. The quantitative estimate of drug-likeness (QED) is 0.783. The molecule has 0 amide bonds. The van der Waals surface area contributed by atoms with Crippen LogP contribution in [0.2, 0.25) is 0 Å². The molecule has 4 heteroatoms. The van der Waals surface area contributed by atoms with Gasteiger partial charge in [0.1, 0.15) is 0 Å². The molecule has 4 nitrogen and oxygen atoms in total. The van der Waals surface area contributed by atoms with Gasteiger partial charge in [-0.25, -0.2) is 4.68 Å². The third-order valence-electron chi connectivity index (χ3n) is 2.45. The van der Waals surface area contributed by atoms with E-state index >= 15 is 0 Å². The number of aromatic nitrogens is 2. The number of hydrogen-bond acceptors (Lipinski definition) is 3. The minimum Gasteiger partial charge on any atom is -0.268 e. The minimum absolute atomic E-state index is 0.118. The maximum Gasteiger partial charge on any atom is 0.266 e. The van der Waals surface area contributed by atoms with Crippen molar-refractivity contribution in [3.8, 4) is 17.3 Å². The molecule has 0 saturated carbocycles. The lowest BCUT2D eigenvalue weighted by molar-refractivity contribution is 0.619. The summed E-state index contributed by atoms with van der Waals surface area (Å²) in [6, 6.07) is 12.4. The molecule has 2 rings (SSSR count). The van der Waals surface area contributed by atoms with Crippen molar-refractivity contribution in [2.24, 2.45) is 0 Å². The summed E-state index contributed by atoms with van der Waals surface area (Å²) in [6.07, 6.45) is 0. The van der Waals surface area contributed by atoms with Crippen LogP contribution in [0.1, 0.15) is 12.5 Å². The molecule has 1 aromatic carbocycles. The summed E-state index contributed by atoms with van der Waals surface area (Å²) in [5.41, 5.74) is 2.00. The zero-order valence-corrected chi connectivity index (χ0v) is 9.42. The fourth-order valence-electron chi connectivity index (χ4n) is 1.58. The molecule has 0 aliphatic carbocycles. The molecule has 0 unspecified atom stereocenters. The van der Waals surface area contributed by atoms with Crippen LogP contribution < -0.4 is 5.56 Å². The predicted molar refractivity (Wildman–Crippen MR) is 64.3 cm³/mol. The highest BCUT2D eigenvalue weighted by atomic mass is 16.1. The van der Waals surface area contributed by atoms with E-state index in [-0.39, 0.29) is 5.56 Å². The molecular weight excluding hydrogens is 214 g/mol. The number of hydrogen-bond donors (Lipinski definition) is 0. The topological polar surface area (TPSA) is 58.7 Å². The number of benzene rings is 1. The number of rotatable bonds is 2. The van der Waals surface area contributed by atoms with Crippen molar-refractivity contribution in [2.45, 2.75) is 13.5 Å². The van der Waals surface area contributed by atoms with Gasteiger partial charge in [0.2, 0.25) is 0 Å². The zero-order chi connectivity index (χ0) is 12.3. The van der Waals surface area contributed by atoms with Gasteiger partial charge in [-0.3, -0.25) is 4.79 Å². The van der Waals surface area contributed by atoms with Crippen LogP contribution in [-0.4, -0.2) is 9.78 Å². The average Bonchev–Trinajstić information content (AvgIpc) is 2.39. The highest BCUT2D eigenvalue weighted by molar-refractivity contribution is 5.60. The second kappa shape index (κ2) is 4.62. The van der Waals surface area contributed by atoms with Crippen molar-refractivity contribution in [1.29, 1.82) is 5.26 Å². The van der Waals surface area contributed by atoms with Gasteiger partial charge in [-0.1, -0.05) is 12.1 Å². The van der Waals surface area contributed by atoms with E-state index in [2.05, 4.69) is 11.2 Å². The highest BCUT2D eigenvalue weighted by Crippen LogP contribution is 2.16. The molecule has 0 radical (unpaired) electrons. The van der Waals surface area contributed by atoms with E-state index in [4.69, 9.17) is 5.26 Å². The van der Waals surface area contributed by atoms with Gasteiger partial charge in [0, 0.05) is 18.2 Å². The number of aryl methyl sites for hydroxylation is 1. The lowest BCUT2D eigenvalue weighted by atomic mass is 10.1. The Balaban J connectivity index is 2.53. The number of nitrogens with zero attached hydrogens (tertiary/aromatic N) is 3. The molecule has 0 aliphatic heterocycles. The van der Waals surface area contributed by atoms with Crippen molar-refractivity contribution >= 4 is 0 Å². The third kappa shape index (κ3) is 2.23. The monoisotopic (exact) mass is 225 g/mol. The van der Waals surface area contributed by atoms with Crippen molar-refractivity contribution in [3.63, 3.8) is 0 Å². The standard InChI is InChI=1S/C13H11N3O/c1-2-16-13(17)7-6-12(15-16)11-5-3-4-10(8-11)9-14/h3-8H,2H2,1H3. The second-order valence-electron chi connectivity index (χ2n) is 3.57. The molecule has 2 aromatic rings. The van der Waals surface area contributed by atoms with E-state index in [0.29, 0.717) is 17.8 Å². The second-order valence-corrected chi connectivity index (χ2v) is 3.57. The molecule has 0 aliphatic rings. The Morgan fingerprint density at radius 1 is 1.35 bits per heavy atom. The van der Waals surface area contributed by atoms with E-state index in [1.165, 1.54) is 10.7 Å². The van der Waals surface area contributed by atoms with E-state index < -0.39 is 0 Å². The fourth-order valence-corrected chi connectivity index (χ4v) is 1.58. The van der Waals surface area contributed by atoms with Crippen LogP contribution in [0.15, 0.2) is 41.2 Å². The summed E-state index contributed by atoms with van der Waals surface area (Å²) in [5, 5.41) is 13.1. The van der Waals surface area contributed by atoms with Gasteiger partial charge in [0.25, 0.3) is 5.56 Å². The maximum absolute atomic E-state index is 11.4. The molecule has 0 spiro atoms. The van der Waals surface area contributed by atoms with Gasteiger partial charge in [0.15, 0.2) is 0 Å². The summed E-state index contributed by atoms with van der Waals surface area (Å²) < 4.78 is 1.40. The lowest BCUT2D eigenvalue weighted by Crippen LogP contribution is -2.20. The third-order valence-corrected chi connectivity index (χ3v) is 2.45. The van der Waals surface area contributed by atoms with Gasteiger partial charge >= 0.3 is 0 Å². The van der Waals surface area contributed by atoms with E-state index in [1.54, 1.807) is 24.3 Å². The van der Waals surface area contributed by atoms with Crippen molar-refractivity contribution < 1.29 is 0 Å². The Morgan fingerprint density at radius 3 is 2.88 bits per heavy atom. The Morgan fingerprint density at radius 2 is 2.18 bits per heavy atom. The summed E-state index contributed by atoms with van der Waals surface area (Å²) in [4.78, 5) is 11.4. The Bertz CT molecular complexity index is 638. The molecule has 1 heterocycles. The smallest absolute Gasteiger partial charge is 0.266 e. The first-order valence-electron chi connectivity index (χ1n) is 5.33. The van der Waals surface area contributed by atoms with Crippen molar-refractivity contribution in [3.05, 3.63) is 52.3 Å². The van der Waals surface area contributed by atoms with Crippen molar-refractivity contribution in [1.82, 2.24) is 9.78 Å². The maximum atomic E-state index is 11.4. The summed E-state index contributed by atoms with van der Waals surface area (Å²) in [6.45, 7) is 2.40. The lowest BCUT2D eigenvalue weighted by Gasteiger charge is -2.04. The van der Waals surface area contributed by atoms with Crippen LogP contribution >= 0.6 is 0 Å². The zero-order valence-electron chi connectivity index (χ0n) is 9.42. The molecular formula is C13H11N3O. The molecule has 0 bridgehead atoms. The van der Waals surface area contributed by atoms with E-state index in [9.17, 15) is 4.79 Å². The van der Waals surface area contributed by atoms with Crippen molar-refractivity contribution in [2.75, 3.05) is 0 Å². The van der Waals surface area contributed by atoms with E-state index in [1.807, 2.05) is 13.0 Å². The molecule has 17 heavy (non-hydrogen) atoms. The molecule has 0 N–H and O–H groups in total. The Labute approximate surface area is 98.8 Å². The largest absolute Gasteiger partial charge is 0.268 e. The minimum atomic E-state index is -0.118.